The fourth-order valence-corrected chi connectivity index (χ4v) is 4.07. The van der Waals surface area contributed by atoms with Crippen molar-refractivity contribution in [2.45, 2.75) is 25.0 Å². The lowest BCUT2D eigenvalue weighted by molar-refractivity contribution is -0.383. The summed E-state index contributed by atoms with van der Waals surface area (Å²) in [5.41, 5.74) is 1.78. The average Bonchev–Trinajstić information content (AvgIpc) is 2.96. The zero-order valence-corrected chi connectivity index (χ0v) is 16.8. The van der Waals surface area contributed by atoms with Crippen molar-refractivity contribution in [1.82, 2.24) is 4.90 Å². The molecular formula is C20H20N4O4S. The van der Waals surface area contributed by atoms with Gasteiger partial charge in [0.2, 0.25) is 11.8 Å². The molecule has 0 bridgehead atoms. The van der Waals surface area contributed by atoms with Crippen molar-refractivity contribution in [1.29, 1.82) is 0 Å². The lowest BCUT2D eigenvalue weighted by atomic mass is 10.1. The van der Waals surface area contributed by atoms with Crippen LogP contribution in [0.2, 0.25) is 0 Å². The lowest BCUT2D eigenvalue weighted by Crippen LogP contribution is -2.30. The van der Waals surface area contributed by atoms with E-state index in [-0.39, 0.29) is 23.7 Å². The molecule has 29 heavy (non-hydrogen) atoms. The summed E-state index contributed by atoms with van der Waals surface area (Å²) in [7, 11) is 1.63. The standard InChI is InChI=1S/C20H20N4O4S/c1-3-13-8-4-5-9-14(13)22-20-23(2)19(26)17(29-20)12-18(25)21-15-10-6-7-11-16(15)24(27)28/h4-11,17H,3,12H2,1-2H3,(H,21,25)/t17-/m1/s1. The molecule has 3 rings (SSSR count). The van der Waals surface area contributed by atoms with Crippen LogP contribution < -0.4 is 5.32 Å². The van der Waals surface area contributed by atoms with Crippen LogP contribution in [0.3, 0.4) is 0 Å². The van der Waals surface area contributed by atoms with Crippen molar-refractivity contribution in [3.8, 4) is 0 Å². The van der Waals surface area contributed by atoms with E-state index in [0.717, 1.165) is 17.7 Å². The van der Waals surface area contributed by atoms with Gasteiger partial charge < -0.3 is 5.32 Å². The van der Waals surface area contributed by atoms with Gasteiger partial charge in [-0.3, -0.25) is 24.6 Å². The highest BCUT2D eigenvalue weighted by Crippen LogP contribution is 2.32. The van der Waals surface area contributed by atoms with E-state index in [0.29, 0.717) is 5.17 Å². The molecule has 2 aromatic rings. The lowest BCUT2D eigenvalue weighted by Gasteiger charge is -2.10. The van der Waals surface area contributed by atoms with Crippen molar-refractivity contribution < 1.29 is 14.5 Å². The van der Waals surface area contributed by atoms with Crippen LogP contribution in [-0.2, 0) is 16.0 Å². The van der Waals surface area contributed by atoms with Crippen LogP contribution in [0.4, 0.5) is 17.1 Å². The van der Waals surface area contributed by atoms with E-state index in [1.165, 1.54) is 34.9 Å². The number of aryl methyl sites for hydroxylation is 1. The number of benzene rings is 2. The molecule has 0 radical (unpaired) electrons. The maximum absolute atomic E-state index is 12.6. The third-order valence-corrected chi connectivity index (χ3v) is 5.70. The van der Waals surface area contributed by atoms with E-state index in [1.54, 1.807) is 13.1 Å². The Bertz CT molecular complexity index is 992. The molecule has 9 heteroatoms. The third kappa shape index (κ3) is 4.62. The predicted octanol–water partition coefficient (Wildman–Crippen LogP) is 3.75. The number of amides is 2. The van der Waals surface area contributed by atoms with Gasteiger partial charge in [-0.15, -0.1) is 0 Å². The summed E-state index contributed by atoms with van der Waals surface area (Å²) in [5.74, 6) is -0.686. The number of carbonyl (C=O) groups excluding carboxylic acids is 2. The Hall–Kier alpha value is -3.20. The molecular weight excluding hydrogens is 392 g/mol. The zero-order valence-electron chi connectivity index (χ0n) is 16.0. The highest BCUT2D eigenvalue weighted by molar-refractivity contribution is 8.15. The van der Waals surface area contributed by atoms with Gasteiger partial charge in [0.1, 0.15) is 10.9 Å². The molecule has 8 nitrogen and oxygen atoms in total. The monoisotopic (exact) mass is 412 g/mol. The molecule has 0 aliphatic carbocycles. The first kappa shape index (κ1) is 20.5. The Morgan fingerprint density at radius 2 is 1.93 bits per heavy atom. The molecule has 1 saturated heterocycles. The van der Waals surface area contributed by atoms with Crippen LogP contribution in [0.15, 0.2) is 53.5 Å². The van der Waals surface area contributed by atoms with Gasteiger partial charge >= 0.3 is 0 Å². The van der Waals surface area contributed by atoms with E-state index in [4.69, 9.17) is 0 Å². The van der Waals surface area contributed by atoms with Gasteiger partial charge in [0.25, 0.3) is 5.69 Å². The summed E-state index contributed by atoms with van der Waals surface area (Å²) < 4.78 is 0. The fraction of sp³-hybridized carbons (Fsp3) is 0.250. The first-order valence-corrected chi connectivity index (χ1v) is 9.92. The number of anilines is 1. The maximum Gasteiger partial charge on any atom is 0.292 e. The summed E-state index contributed by atoms with van der Waals surface area (Å²) in [4.78, 5) is 41.5. The minimum atomic E-state index is -0.629. The SMILES string of the molecule is CCc1ccccc1N=C1S[C@H](CC(=O)Nc2ccccc2[N+](=O)[O-])C(=O)N1C. The van der Waals surface area contributed by atoms with Gasteiger partial charge in [0.15, 0.2) is 5.17 Å². The fourth-order valence-electron chi connectivity index (χ4n) is 2.93. The van der Waals surface area contributed by atoms with Crippen LogP contribution in [-0.4, -0.2) is 39.1 Å². The summed E-state index contributed by atoms with van der Waals surface area (Å²) in [5, 5.41) is 13.5. The molecule has 1 aliphatic rings. The van der Waals surface area contributed by atoms with E-state index >= 15 is 0 Å². The minimum absolute atomic E-state index is 0.103. The Morgan fingerprint density at radius 3 is 2.66 bits per heavy atom. The number of para-hydroxylation sites is 3. The maximum atomic E-state index is 12.6. The summed E-state index contributed by atoms with van der Waals surface area (Å²) in [6.07, 6.45) is 0.714. The molecule has 1 aliphatic heterocycles. The molecule has 1 atom stereocenters. The first-order valence-electron chi connectivity index (χ1n) is 9.04. The predicted molar refractivity (Wildman–Crippen MR) is 113 cm³/mol. The van der Waals surface area contributed by atoms with Crippen molar-refractivity contribution in [2.75, 3.05) is 12.4 Å². The van der Waals surface area contributed by atoms with Gasteiger partial charge in [-0.1, -0.05) is 49.0 Å². The average molecular weight is 412 g/mol. The van der Waals surface area contributed by atoms with E-state index in [1.807, 2.05) is 31.2 Å². The number of thioether (sulfide) groups is 1. The molecule has 1 fully saturated rings. The minimum Gasteiger partial charge on any atom is -0.320 e. The van der Waals surface area contributed by atoms with Gasteiger partial charge in [0.05, 0.1) is 10.6 Å². The second-order valence-electron chi connectivity index (χ2n) is 6.41. The molecule has 1 heterocycles. The Balaban J connectivity index is 1.73. The smallest absolute Gasteiger partial charge is 0.292 e. The molecule has 1 N–H and O–H groups in total. The molecule has 0 unspecified atom stereocenters. The Labute approximate surface area is 172 Å². The van der Waals surface area contributed by atoms with Crippen LogP contribution >= 0.6 is 11.8 Å². The quantitative estimate of drug-likeness (QED) is 0.575. The normalized spacial score (nSPS) is 17.6. The van der Waals surface area contributed by atoms with Crippen molar-refractivity contribution >= 4 is 45.8 Å². The van der Waals surface area contributed by atoms with Crippen LogP contribution in [0.1, 0.15) is 18.9 Å². The number of nitro groups is 1. The summed E-state index contributed by atoms with van der Waals surface area (Å²) in [6.45, 7) is 2.03. The van der Waals surface area contributed by atoms with Crippen LogP contribution in [0.5, 0.6) is 0 Å². The topological polar surface area (TPSA) is 105 Å². The number of nitrogens with one attached hydrogen (secondary N) is 1. The second-order valence-corrected chi connectivity index (χ2v) is 7.58. The highest BCUT2D eigenvalue weighted by Gasteiger charge is 2.37. The summed E-state index contributed by atoms with van der Waals surface area (Å²) >= 11 is 1.22. The van der Waals surface area contributed by atoms with Crippen molar-refractivity contribution in [2.24, 2.45) is 4.99 Å². The van der Waals surface area contributed by atoms with Crippen molar-refractivity contribution in [3.63, 3.8) is 0 Å². The van der Waals surface area contributed by atoms with E-state index < -0.39 is 16.1 Å². The van der Waals surface area contributed by atoms with Gasteiger partial charge in [-0.2, -0.15) is 0 Å². The molecule has 150 valence electrons. The molecule has 0 aromatic heterocycles. The number of nitrogens with zero attached hydrogens (tertiary/aromatic N) is 3. The zero-order chi connectivity index (χ0) is 21.0. The van der Waals surface area contributed by atoms with E-state index in [9.17, 15) is 19.7 Å². The van der Waals surface area contributed by atoms with Gasteiger partial charge in [-0.05, 0) is 24.1 Å². The van der Waals surface area contributed by atoms with Crippen molar-refractivity contribution in [3.05, 3.63) is 64.2 Å². The van der Waals surface area contributed by atoms with Crippen LogP contribution in [0.25, 0.3) is 0 Å². The number of aliphatic imine (C=N–C) groups is 1. The number of rotatable bonds is 6. The number of amidine groups is 1. The number of nitro benzene ring substituents is 1. The molecule has 0 saturated carbocycles. The van der Waals surface area contributed by atoms with Gasteiger partial charge in [-0.25, -0.2) is 4.99 Å². The Morgan fingerprint density at radius 1 is 1.24 bits per heavy atom. The molecule has 0 spiro atoms. The third-order valence-electron chi connectivity index (χ3n) is 4.47. The number of hydrogen-bond donors (Lipinski definition) is 1. The second kappa shape index (κ2) is 8.87. The van der Waals surface area contributed by atoms with Gasteiger partial charge in [0, 0.05) is 19.5 Å². The first-order chi connectivity index (χ1) is 13.9. The highest BCUT2D eigenvalue weighted by atomic mass is 32.2. The molecule has 2 aromatic carbocycles. The Kier molecular flexibility index (Phi) is 6.28. The summed E-state index contributed by atoms with van der Waals surface area (Å²) in [6, 6.07) is 13.6. The number of hydrogen-bond acceptors (Lipinski definition) is 6. The largest absolute Gasteiger partial charge is 0.320 e. The van der Waals surface area contributed by atoms with E-state index in [2.05, 4.69) is 10.3 Å². The van der Waals surface area contributed by atoms with Crippen LogP contribution in [0, 0.1) is 10.1 Å². The number of carbonyl (C=O) groups is 2. The molecule has 2 amide bonds.